The first-order chi connectivity index (χ1) is 18.5. The minimum atomic E-state index is -0.653. The SMILES string of the molecule is C=CCOC(=O)c1ccccc1C(=O)OCC=C.CCCCCCCCCCCCCCCCCC(=O)O. The summed E-state index contributed by atoms with van der Waals surface area (Å²) in [7, 11) is 0. The van der Waals surface area contributed by atoms with Crippen LogP contribution in [-0.4, -0.2) is 36.2 Å². The largest absolute Gasteiger partial charge is 0.481 e. The van der Waals surface area contributed by atoms with Gasteiger partial charge < -0.3 is 14.6 Å². The van der Waals surface area contributed by atoms with Crippen LogP contribution in [0.5, 0.6) is 0 Å². The number of carbonyl (C=O) groups excluding carboxylic acids is 2. The van der Waals surface area contributed by atoms with Crippen molar-refractivity contribution in [1.82, 2.24) is 0 Å². The van der Waals surface area contributed by atoms with Gasteiger partial charge in [-0.2, -0.15) is 0 Å². The van der Waals surface area contributed by atoms with Gasteiger partial charge in [-0.1, -0.05) is 134 Å². The van der Waals surface area contributed by atoms with Crippen molar-refractivity contribution in [2.24, 2.45) is 0 Å². The number of carbonyl (C=O) groups is 3. The number of ether oxygens (including phenoxy) is 2. The molecule has 0 atom stereocenters. The highest BCUT2D eigenvalue weighted by Gasteiger charge is 2.18. The second-order valence-electron chi connectivity index (χ2n) is 9.41. The van der Waals surface area contributed by atoms with E-state index in [0.717, 1.165) is 12.8 Å². The third-order valence-corrected chi connectivity index (χ3v) is 6.03. The first-order valence-corrected chi connectivity index (χ1v) is 14.3. The van der Waals surface area contributed by atoms with Crippen LogP contribution in [-0.2, 0) is 14.3 Å². The van der Waals surface area contributed by atoms with Gasteiger partial charge in [0.1, 0.15) is 13.2 Å². The van der Waals surface area contributed by atoms with Crippen LogP contribution in [0.15, 0.2) is 49.6 Å². The van der Waals surface area contributed by atoms with E-state index >= 15 is 0 Å². The van der Waals surface area contributed by atoms with Gasteiger partial charge in [0.05, 0.1) is 11.1 Å². The van der Waals surface area contributed by atoms with E-state index in [4.69, 9.17) is 14.6 Å². The number of aliphatic carboxylic acids is 1. The quantitative estimate of drug-likeness (QED) is 0.0916. The van der Waals surface area contributed by atoms with Crippen molar-refractivity contribution in [3.8, 4) is 0 Å². The van der Waals surface area contributed by atoms with Gasteiger partial charge in [0.25, 0.3) is 0 Å². The summed E-state index contributed by atoms with van der Waals surface area (Å²) in [5.74, 6) is -1.82. The first-order valence-electron chi connectivity index (χ1n) is 14.3. The van der Waals surface area contributed by atoms with Crippen LogP contribution in [0.25, 0.3) is 0 Å². The fraction of sp³-hybridized carbons (Fsp3) is 0.594. The van der Waals surface area contributed by atoms with Gasteiger partial charge >= 0.3 is 17.9 Å². The van der Waals surface area contributed by atoms with E-state index in [2.05, 4.69) is 20.1 Å². The van der Waals surface area contributed by atoms with E-state index in [-0.39, 0.29) is 24.3 Å². The number of hydrogen-bond donors (Lipinski definition) is 1. The Bertz CT molecular complexity index is 743. The molecular weight excluding hydrogens is 480 g/mol. The maximum Gasteiger partial charge on any atom is 0.339 e. The number of carboxylic acids is 1. The molecule has 0 fully saturated rings. The molecule has 0 spiro atoms. The zero-order valence-electron chi connectivity index (χ0n) is 23.6. The first kappa shape index (κ1) is 35.1. The lowest BCUT2D eigenvalue weighted by Gasteiger charge is -2.07. The molecule has 1 rings (SSSR count). The van der Waals surface area contributed by atoms with Crippen molar-refractivity contribution >= 4 is 17.9 Å². The predicted molar refractivity (Wildman–Crippen MR) is 155 cm³/mol. The van der Waals surface area contributed by atoms with Gasteiger partial charge in [0, 0.05) is 6.42 Å². The van der Waals surface area contributed by atoms with Crippen LogP contribution in [0.1, 0.15) is 130 Å². The van der Waals surface area contributed by atoms with Gasteiger partial charge in [-0.05, 0) is 18.6 Å². The Kier molecular flexibility index (Phi) is 23.8. The number of benzene rings is 1. The third-order valence-electron chi connectivity index (χ3n) is 6.03. The summed E-state index contributed by atoms with van der Waals surface area (Å²) in [6.45, 7) is 9.34. The normalized spacial score (nSPS) is 10.1. The predicted octanol–water partition coefficient (Wildman–Crippen LogP) is 8.70. The molecule has 0 aliphatic rings. The summed E-state index contributed by atoms with van der Waals surface area (Å²) < 4.78 is 9.78. The second-order valence-corrected chi connectivity index (χ2v) is 9.41. The second kappa shape index (κ2) is 25.7. The van der Waals surface area contributed by atoms with Gasteiger partial charge in [-0.3, -0.25) is 4.79 Å². The summed E-state index contributed by atoms with van der Waals surface area (Å²) in [5.41, 5.74) is 0.349. The topological polar surface area (TPSA) is 89.9 Å². The van der Waals surface area contributed by atoms with Gasteiger partial charge in [-0.25, -0.2) is 9.59 Å². The highest BCUT2D eigenvalue weighted by molar-refractivity contribution is 6.03. The number of esters is 2. The summed E-state index contributed by atoms with van der Waals surface area (Å²) in [5, 5.41) is 8.52. The highest BCUT2D eigenvalue weighted by Crippen LogP contribution is 2.14. The van der Waals surface area contributed by atoms with E-state index in [1.807, 2.05) is 0 Å². The Hall–Kier alpha value is -2.89. The van der Waals surface area contributed by atoms with Crippen LogP contribution in [0.3, 0.4) is 0 Å². The van der Waals surface area contributed by atoms with Crippen molar-refractivity contribution in [1.29, 1.82) is 0 Å². The average Bonchev–Trinajstić information content (AvgIpc) is 2.92. The Labute approximate surface area is 230 Å². The molecular formula is C32H50O6. The van der Waals surface area contributed by atoms with Crippen molar-refractivity contribution in [2.45, 2.75) is 110 Å². The third kappa shape index (κ3) is 20.2. The molecule has 214 valence electrons. The number of carboxylic acid groups (broad SMARTS) is 1. The molecule has 0 aliphatic heterocycles. The Morgan fingerprint density at radius 1 is 0.658 bits per heavy atom. The van der Waals surface area contributed by atoms with Gasteiger partial charge in [0.2, 0.25) is 0 Å². The van der Waals surface area contributed by atoms with Crippen molar-refractivity contribution < 1.29 is 29.0 Å². The van der Waals surface area contributed by atoms with Gasteiger partial charge in [0.15, 0.2) is 0 Å². The van der Waals surface area contributed by atoms with E-state index in [1.54, 1.807) is 12.1 Å². The number of unbranched alkanes of at least 4 members (excludes halogenated alkanes) is 14. The molecule has 1 aromatic carbocycles. The summed E-state index contributed by atoms with van der Waals surface area (Å²) in [6.07, 6.45) is 23.1. The lowest BCUT2D eigenvalue weighted by atomic mass is 10.0. The Balaban J connectivity index is 0.000000724. The maximum atomic E-state index is 11.7. The van der Waals surface area contributed by atoms with E-state index in [1.165, 1.54) is 108 Å². The molecule has 0 amide bonds. The molecule has 0 bridgehead atoms. The van der Waals surface area contributed by atoms with E-state index < -0.39 is 17.9 Å². The van der Waals surface area contributed by atoms with Crippen molar-refractivity contribution in [3.63, 3.8) is 0 Å². The van der Waals surface area contributed by atoms with E-state index in [0.29, 0.717) is 6.42 Å². The molecule has 0 saturated heterocycles. The fourth-order valence-electron chi connectivity index (χ4n) is 3.91. The minimum absolute atomic E-state index is 0.0921. The maximum absolute atomic E-state index is 11.7. The molecule has 0 heterocycles. The molecule has 0 radical (unpaired) electrons. The van der Waals surface area contributed by atoms with Crippen LogP contribution in [0.4, 0.5) is 0 Å². The number of rotatable bonds is 22. The monoisotopic (exact) mass is 530 g/mol. The molecule has 1 aromatic rings. The standard InChI is InChI=1S/C18H36O2.C14H14O4/c1-2-3-4-5-6-7-8-9-10-11-12-13-14-15-16-17-18(19)20;1-3-9-17-13(15)11-7-5-6-8-12(11)14(16)18-10-4-2/h2-17H2,1H3,(H,19,20);3-8H,1-2,9-10H2. The summed E-state index contributed by atoms with van der Waals surface area (Å²) >= 11 is 0. The van der Waals surface area contributed by atoms with Gasteiger partial charge in [-0.15, -0.1) is 0 Å². The molecule has 38 heavy (non-hydrogen) atoms. The number of hydrogen-bond acceptors (Lipinski definition) is 5. The summed E-state index contributed by atoms with van der Waals surface area (Å²) in [4.78, 5) is 33.7. The van der Waals surface area contributed by atoms with Crippen LogP contribution in [0.2, 0.25) is 0 Å². The lowest BCUT2D eigenvalue weighted by molar-refractivity contribution is -0.137. The minimum Gasteiger partial charge on any atom is -0.481 e. The smallest absolute Gasteiger partial charge is 0.339 e. The molecule has 0 saturated carbocycles. The average molecular weight is 531 g/mol. The van der Waals surface area contributed by atoms with Crippen LogP contribution in [0, 0.1) is 0 Å². The molecule has 1 N–H and O–H groups in total. The molecule has 0 aliphatic carbocycles. The molecule has 0 aromatic heterocycles. The molecule has 6 nitrogen and oxygen atoms in total. The lowest BCUT2D eigenvalue weighted by Crippen LogP contribution is -2.14. The fourth-order valence-corrected chi connectivity index (χ4v) is 3.91. The summed E-state index contributed by atoms with van der Waals surface area (Å²) in [6, 6.07) is 6.31. The van der Waals surface area contributed by atoms with Crippen molar-refractivity contribution in [2.75, 3.05) is 13.2 Å². The highest BCUT2D eigenvalue weighted by atomic mass is 16.5. The van der Waals surface area contributed by atoms with Crippen molar-refractivity contribution in [3.05, 3.63) is 60.7 Å². The van der Waals surface area contributed by atoms with Crippen LogP contribution >= 0.6 is 0 Å². The molecule has 0 unspecified atom stereocenters. The Morgan fingerprint density at radius 2 is 1.00 bits per heavy atom. The van der Waals surface area contributed by atoms with E-state index in [9.17, 15) is 14.4 Å². The zero-order chi connectivity index (χ0) is 28.3. The molecule has 6 heteroatoms. The zero-order valence-corrected chi connectivity index (χ0v) is 23.6. The van der Waals surface area contributed by atoms with Crippen LogP contribution < -0.4 is 0 Å². The Morgan fingerprint density at radius 3 is 1.32 bits per heavy atom.